The molecule has 8 nitrogen and oxygen atoms in total. The number of carbonyl (C=O) groups is 2. The molecule has 1 N–H and O–H groups in total. The molecule has 0 saturated heterocycles. The number of amides is 2. The maximum atomic E-state index is 13.5. The molecule has 2 aromatic carbocycles. The summed E-state index contributed by atoms with van der Waals surface area (Å²) in [6.07, 6.45) is 0. The number of aryl methyl sites for hydroxylation is 2. The number of anilines is 1. The van der Waals surface area contributed by atoms with Crippen LogP contribution in [0.2, 0.25) is 5.02 Å². The third kappa shape index (κ3) is 6.46. The van der Waals surface area contributed by atoms with Crippen molar-refractivity contribution in [3.63, 3.8) is 0 Å². The normalized spacial score (nSPS) is 12.4. The number of rotatable bonds is 9. The van der Waals surface area contributed by atoms with Crippen LogP contribution >= 0.6 is 11.6 Å². The number of likely N-dealkylation sites (N-methyl/N-ethyl adjacent to an activating group) is 1. The van der Waals surface area contributed by atoms with Crippen LogP contribution in [0.3, 0.4) is 0 Å². The van der Waals surface area contributed by atoms with Gasteiger partial charge in [-0.05, 0) is 55.7 Å². The molecule has 0 spiro atoms. The Hall–Kier alpha value is -2.62. The van der Waals surface area contributed by atoms with Crippen molar-refractivity contribution in [1.82, 2.24) is 14.5 Å². The van der Waals surface area contributed by atoms with E-state index < -0.39 is 28.7 Å². The minimum atomic E-state index is -3.99. The van der Waals surface area contributed by atoms with Gasteiger partial charge in [0.05, 0.1) is 5.69 Å². The zero-order valence-electron chi connectivity index (χ0n) is 19.8. The molecule has 180 valence electrons. The van der Waals surface area contributed by atoms with E-state index in [4.69, 9.17) is 11.6 Å². The molecule has 0 aromatic heterocycles. The SMILES string of the molecule is CNC(=O)C(C)N(Cc1ccc(Cl)cc1)C(=O)CN(c1cc(C)ccc1C)S(=O)(=O)N(C)C. The number of nitrogens with zero attached hydrogens (tertiary/aromatic N) is 3. The second kappa shape index (κ2) is 11.0. The Morgan fingerprint density at radius 3 is 2.21 bits per heavy atom. The van der Waals surface area contributed by atoms with Gasteiger partial charge in [-0.3, -0.25) is 9.59 Å². The van der Waals surface area contributed by atoms with Crippen molar-refractivity contribution in [1.29, 1.82) is 0 Å². The van der Waals surface area contributed by atoms with Crippen molar-refractivity contribution in [2.24, 2.45) is 0 Å². The molecule has 2 aromatic rings. The highest BCUT2D eigenvalue weighted by molar-refractivity contribution is 7.90. The first kappa shape index (κ1) is 26.6. The average Bonchev–Trinajstić information content (AvgIpc) is 2.77. The van der Waals surface area contributed by atoms with Crippen LogP contribution in [0.5, 0.6) is 0 Å². The molecular weight excluding hydrogens is 464 g/mol. The van der Waals surface area contributed by atoms with E-state index in [1.54, 1.807) is 44.2 Å². The van der Waals surface area contributed by atoms with E-state index in [0.717, 1.165) is 19.7 Å². The Kier molecular flexibility index (Phi) is 8.88. The Labute approximate surface area is 201 Å². The minimum absolute atomic E-state index is 0.118. The van der Waals surface area contributed by atoms with Gasteiger partial charge in [0.2, 0.25) is 11.8 Å². The zero-order valence-corrected chi connectivity index (χ0v) is 21.4. The molecule has 0 aliphatic heterocycles. The van der Waals surface area contributed by atoms with Gasteiger partial charge in [-0.2, -0.15) is 12.7 Å². The Morgan fingerprint density at radius 1 is 1.06 bits per heavy atom. The monoisotopic (exact) mass is 494 g/mol. The van der Waals surface area contributed by atoms with Gasteiger partial charge in [-0.1, -0.05) is 35.9 Å². The molecule has 0 aliphatic carbocycles. The zero-order chi connectivity index (χ0) is 24.9. The highest BCUT2D eigenvalue weighted by Gasteiger charge is 2.33. The molecule has 2 rings (SSSR count). The largest absolute Gasteiger partial charge is 0.357 e. The summed E-state index contributed by atoms with van der Waals surface area (Å²) in [5.41, 5.74) is 2.74. The summed E-state index contributed by atoms with van der Waals surface area (Å²) in [5, 5.41) is 3.10. The first-order valence-corrected chi connectivity index (χ1v) is 12.2. The number of benzene rings is 2. The number of hydrogen-bond acceptors (Lipinski definition) is 4. The van der Waals surface area contributed by atoms with Crippen LogP contribution in [0, 0.1) is 13.8 Å². The maximum absolute atomic E-state index is 13.5. The molecule has 0 heterocycles. The highest BCUT2D eigenvalue weighted by atomic mass is 35.5. The molecule has 33 heavy (non-hydrogen) atoms. The second-order valence-corrected chi connectivity index (χ2v) is 10.5. The van der Waals surface area contributed by atoms with E-state index in [1.807, 2.05) is 19.1 Å². The standard InChI is InChI=1S/C23H31ClN4O4S/c1-16-7-8-17(2)21(13-16)28(33(31,32)26(5)6)15-22(29)27(18(3)23(30)25-4)14-19-9-11-20(24)12-10-19/h7-13,18H,14-15H2,1-6H3,(H,25,30). The van der Waals surface area contributed by atoms with E-state index in [0.29, 0.717) is 16.3 Å². The van der Waals surface area contributed by atoms with E-state index >= 15 is 0 Å². The molecule has 10 heteroatoms. The van der Waals surface area contributed by atoms with Gasteiger partial charge in [0, 0.05) is 32.7 Å². The van der Waals surface area contributed by atoms with Crippen LogP contribution in [0.15, 0.2) is 42.5 Å². The van der Waals surface area contributed by atoms with E-state index in [2.05, 4.69) is 5.32 Å². The first-order valence-electron chi connectivity index (χ1n) is 10.4. The molecule has 0 aliphatic rings. The van der Waals surface area contributed by atoms with E-state index in [1.165, 1.54) is 26.0 Å². The van der Waals surface area contributed by atoms with Crippen LogP contribution in [0.1, 0.15) is 23.6 Å². The Morgan fingerprint density at radius 2 is 1.67 bits per heavy atom. The lowest BCUT2D eigenvalue weighted by atomic mass is 10.1. The third-order valence-corrected chi connectivity index (χ3v) is 7.39. The van der Waals surface area contributed by atoms with Crippen molar-refractivity contribution in [2.75, 3.05) is 32.0 Å². The molecule has 1 unspecified atom stereocenters. The van der Waals surface area contributed by atoms with Crippen LogP contribution in [-0.2, 0) is 26.3 Å². The summed E-state index contributed by atoms with van der Waals surface area (Å²) in [4.78, 5) is 27.3. The predicted molar refractivity (Wildman–Crippen MR) is 131 cm³/mol. The smallest absolute Gasteiger partial charge is 0.304 e. The maximum Gasteiger partial charge on any atom is 0.304 e. The number of halogens is 1. The van der Waals surface area contributed by atoms with E-state index in [9.17, 15) is 18.0 Å². The summed E-state index contributed by atoms with van der Waals surface area (Å²) in [7, 11) is 0.327. The van der Waals surface area contributed by atoms with Crippen molar-refractivity contribution < 1.29 is 18.0 Å². The second-order valence-electron chi connectivity index (χ2n) is 8.03. The summed E-state index contributed by atoms with van der Waals surface area (Å²) in [6, 6.07) is 11.5. The van der Waals surface area contributed by atoms with Gasteiger partial charge < -0.3 is 10.2 Å². The van der Waals surface area contributed by atoms with Crippen LogP contribution in [-0.4, -0.2) is 63.2 Å². The van der Waals surface area contributed by atoms with Crippen LogP contribution < -0.4 is 9.62 Å². The lowest BCUT2D eigenvalue weighted by Crippen LogP contribution is -2.52. The molecule has 0 saturated carbocycles. The fourth-order valence-corrected chi connectivity index (χ4v) is 4.51. The molecule has 0 bridgehead atoms. The number of nitrogens with one attached hydrogen (secondary N) is 1. The van der Waals surface area contributed by atoms with Gasteiger partial charge in [0.25, 0.3) is 0 Å². The molecule has 0 fully saturated rings. The van der Waals surface area contributed by atoms with Gasteiger partial charge in [0.15, 0.2) is 0 Å². The van der Waals surface area contributed by atoms with Crippen molar-refractivity contribution in [3.05, 3.63) is 64.2 Å². The highest BCUT2D eigenvalue weighted by Crippen LogP contribution is 2.26. The lowest BCUT2D eigenvalue weighted by molar-refractivity contribution is -0.139. The molecule has 0 radical (unpaired) electrons. The lowest BCUT2D eigenvalue weighted by Gasteiger charge is -2.33. The quantitative estimate of drug-likeness (QED) is 0.580. The Bertz CT molecular complexity index is 1100. The molecule has 1 atom stereocenters. The summed E-state index contributed by atoms with van der Waals surface area (Å²) >= 11 is 5.97. The third-order valence-electron chi connectivity index (χ3n) is 5.33. The summed E-state index contributed by atoms with van der Waals surface area (Å²) in [5.74, 6) is -0.863. The number of hydrogen-bond donors (Lipinski definition) is 1. The van der Waals surface area contributed by atoms with Crippen molar-refractivity contribution in [3.8, 4) is 0 Å². The minimum Gasteiger partial charge on any atom is -0.357 e. The first-order chi connectivity index (χ1) is 15.4. The van der Waals surface area contributed by atoms with Crippen LogP contribution in [0.25, 0.3) is 0 Å². The molecular formula is C23H31ClN4O4S. The van der Waals surface area contributed by atoms with Gasteiger partial charge in [-0.15, -0.1) is 0 Å². The number of carbonyl (C=O) groups excluding carboxylic acids is 2. The van der Waals surface area contributed by atoms with Gasteiger partial charge in [-0.25, -0.2) is 4.31 Å². The Balaban J connectivity index is 2.49. The summed E-state index contributed by atoms with van der Waals surface area (Å²) < 4.78 is 28.5. The van der Waals surface area contributed by atoms with E-state index in [-0.39, 0.29) is 12.5 Å². The van der Waals surface area contributed by atoms with Crippen molar-refractivity contribution >= 4 is 39.3 Å². The van der Waals surface area contributed by atoms with Crippen molar-refractivity contribution in [2.45, 2.75) is 33.4 Å². The predicted octanol–water partition coefficient (Wildman–Crippen LogP) is 2.73. The fourth-order valence-electron chi connectivity index (χ4n) is 3.27. The molecule has 2 amide bonds. The van der Waals surface area contributed by atoms with Gasteiger partial charge >= 0.3 is 10.2 Å². The topological polar surface area (TPSA) is 90.0 Å². The summed E-state index contributed by atoms with van der Waals surface area (Å²) in [6.45, 7) is 4.91. The fraction of sp³-hybridized carbons (Fsp3) is 0.391. The van der Waals surface area contributed by atoms with Gasteiger partial charge in [0.1, 0.15) is 12.6 Å². The average molecular weight is 495 g/mol. The van der Waals surface area contributed by atoms with Crippen LogP contribution in [0.4, 0.5) is 5.69 Å².